The van der Waals surface area contributed by atoms with Gasteiger partial charge in [-0.1, -0.05) is 24.7 Å². The number of para-hydroxylation sites is 2. The average molecular weight is 854 g/mol. The monoisotopic (exact) mass is 853 g/mol. The molecule has 0 atom stereocenters. The lowest BCUT2D eigenvalue weighted by molar-refractivity contribution is 0.103. The summed E-state index contributed by atoms with van der Waals surface area (Å²) in [5.74, 6) is -4.54. The summed E-state index contributed by atoms with van der Waals surface area (Å²) in [5.41, 5.74) is 5.83. The molecular formula is C43H37F6N11O2. The first-order valence-electron chi connectivity index (χ1n) is 18.1. The van der Waals surface area contributed by atoms with Crippen LogP contribution in [0.3, 0.4) is 0 Å². The molecule has 4 aromatic carbocycles. The minimum absolute atomic E-state index is 0. The molecule has 3 N–H and O–H groups in total. The van der Waals surface area contributed by atoms with E-state index in [1.807, 2.05) is 0 Å². The molecule has 13 nitrogen and oxygen atoms in total. The van der Waals surface area contributed by atoms with E-state index in [1.165, 1.54) is 71.6 Å². The predicted octanol–water partition coefficient (Wildman–Crippen LogP) is 8.55. The van der Waals surface area contributed by atoms with Crippen molar-refractivity contribution in [3.63, 3.8) is 0 Å². The summed E-state index contributed by atoms with van der Waals surface area (Å²) in [6, 6.07) is 20.0. The van der Waals surface area contributed by atoms with Crippen LogP contribution in [0.4, 0.5) is 38.2 Å². The van der Waals surface area contributed by atoms with Crippen molar-refractivity contribution in [2.75, 3.05) is 39.0 Å². The van der Waals surface area contributed by atoms with Gasteiger partial charge in [-0.3, -0.25) is 24.8 Å². The number of halogens is 6. The van der Waals surface area contributed by atoms with E-state index in [0.717, 1.165) is 41.0 Å². The molecule has 0 amide bonds. The fourth-order valence-corrected chi connectivity index (χ4v) is 6.30. The normalized spacial score (nSPS) is 11.5. The number of hydrazine groups is 2. The summed E-state index contributed by atoms with van der Waals surface area (Å²) in [5, 5.41) is 17.1. The predicted molar refractivity (Wildman–Crippen MR) is 223 cm³/mol. The number of benzene rings is 4. The van der Waals surface area contributed by atoms with E-state index in [1.54, 1.807) is 44.3 Å². The third kappa shape index (κ3) is 8.93. The van der Waals surface area contributed by atoms with Gasteiger partial charge in [0.15, 0.2) is 11.3 Å². The number of nitrogens with zero attached hydrogens (tertiary/aromatic N) is 9. The van der Waals surface area contributed by atoms with E-state index in [-0.39, 0.29) is 53.3 Å². The molecule has 0 aliphatic rings. The highest BCUT2D eigenvalue weighted by molar-refractivity contribution is 6.14. The third-order valence-corrected chi connectivity index (χ3v) is 8.85. The maximum Gasteiger partial charge on any atom is 0.239 e. The van der Waals surface area contributed by atoms with Crippen molar-refractivity contribution in [3.05, 3.63) is 167 Å². The van der Waals surface area contributed by atoms with Gasteiger partial charge in [0.1, 0.15) is 52.0 Å². The van der Waals surface area contributed by atoms with Crippen molar-refractivity contribution in [1.29, 1.82) is 0 Å². The Morgan fingerprint density at radius 2 is 0.984 bits per heavy atom. The number of oxime groups is 1. The highest BCUT2D eigenvalue weighted by atomic mass is 19.2. The topological polar surface area (TPSA) is 142 Å². The number of anilines is 2. The van der Waals surface area contributed by atoms with Crippen molar-refractivity contribution in [1.82, 2.24) is 39.1 Å². The summed E-state index contributed by atoms with van der Waals surface area (Å²) in [7, 11) is 6.93. The SMILES string of the molecule is C.CN(C)Nc1ncc2cc(/C(=N/O)c3ccc(F)cc3)n(-c3c(F)cccc3F)c2n1.CN(C)Nc1ncc2cc(C(=O)c3ccc(F)cc3)n(-c3c(F)cccc3F)c2n1. The van der Waals surface area contributed by atoms with Crippen LogP contribution in [0.15, 0.2) is 115 Å². The molecule has 8 aromatic rings. The van der Waals surface area contributed by atoms with Crippen LogP contribution in [0.5, 0.6) is 0 Å². The molecule has 0 spiro atoms. The van der Waals surface area contributed by atoms with Gasteiger partial charge in [-0.15, -0.1) is 0 Å². The van der Waals surface area contributed by atoms with E-state index in [0.29, 0.717) is 16.3 Å². The van der Waals surface area contributed by atoms with Crippen LogP contribution >= 0.6 is 0 Å². The van der Waals surface area contributed by atoms with Gasteiger partial charge in [0.2, 0.25) is 17.7 Å². The number of nitrogens with one attached hydrogen (secondary N) is 2. The molecule has 0 radical (unpaired) electrons. The van der Waals surface area contributed by atoms with Crippen LogP contribution in [-0.2, 0) is 0 Å². The molecule has 0 saturated carbocycles. The Hall–Kier alpha value is -7.64. The van der Waals surface area contributed by atoms with E-state index in [9.17, 15) is 36.3 Å². The van der Waals surface area contributed by atoms with Gasteiger partial charge < -0.3 is 5.21 Å². The van der Waals surface area contributed by atoms with Gasteiger partial charge in [0, 0.05) is 62.5 Å². The molecular weight excluding hydrogens is 817 g/mol. The van der Waals surface area contributed by atoms with E-state index >= 15 is 0 Å². The fourth-order valence-electron chi connectivity index (χ4n) is 6.30. The Morgan fingerprint density at radius 1 is 0.597 bits per heavy atom. The van der Waals surface area contributed by atoms with E-state index in [2.05, 4.69) is 35.9 Å². The van der Waals surface area contributed by atoms with Crippen LogP contribution in [0.25, 0.3) is 33.4 Å². The Morgan fingerprint density at radius 3 is 1.39 bits per heavy atom. The number of carbonyl (C=O) groups is 1. The van der Waals surface area contributed by atoms with Crippen LogP contribution in [0.1, 0.15) is 34.7 Å². The second-order valence-electron chi connectivity index (χ2n) is 13.6. The summed E-state index contributed by atoms with van der Waals surface area (Å²) in [6.07, 6.45) is 2.93. The Bertz CT molecular complexity index is 2890. The van der Waals surface area contributed by atoms with Gasteiger partial charge in [0.05, 0.1) is 11.4 Å². The van der Waals surface area contributed by atoms with Crippen molar-refractivity contribution >= 4 is 45.5 Å². The van der Waals surface area contributed by atoms with Crippen LogP contribution < -0.4 is 10.9 Å². The zero-order valence-electron chi connectivity index (χ0n) is 32.5. The molecule has 0 bridgehead atoms. The van der Waals surface area contributed by atoms with Gasteiger partial charge >= 0.3 is 0 Å². The fraction of sp³-hybridized carbons (Fsp3) is 0.116. The van der Waals surface area contributed by atoms with Crippen LogP contribution in [0, 0.1) is 34.9 Å². The summed E-state index contributed by atoms with van der Waals surface area (Å²) in [4.78, 5) is 30.2. The number of ketones is 1. The molecule has 4 aromatic heterocycles. The first kappa shape index (κ1) is 43.9. The Kier molecular flexibility index (Phi) is 13.0. The van der Waals surface area contributed by atoms with Gasteiger partial charge in [-0.25, -0.2) is 46.3 Å². The number of hydrogen-bond acceptors (Lipinski definition) is 11. The molecule has 0 aliphatic heterocycles. The zero-order valence-corrected chi connectivity index (χ0v) is 32.5. The molecule has 0 fully saturated rings. The Balaban J connectivity index is 0.000000204. The smallest absolute Gasteiger partial charge is 0.239 e. The number of carbonyl (C=O) groups excluding carboxylic acids is 1. The molecule has 19 heteroatoms. The molecule has 8 rings (SSSR count). The average Bonchev–Trinajstić information content (AvgIpc) is 3.77. The molecule has 0 unspecified atom stereocenters. The van der Waals surface area contributed by atoms with Crippen molar-refractivity contribution < 1.29 is 36.3 Å². The number of fused-ring (bicyclic) bond motifs is 2. The quantitative estimate of drug-likeness (QED) is 0.0403. The first-order valence-corrected chi connectivity index (χ1v) is 18.1. The minimum atomic E-state index is -0.860. The first-order chi connectivity index (χ1) is 29.2. The van der Waals surface area contributed by atoms with Gasteiger partial charge in [0.25, 0.3) is 0 Å². The molecule has 62 heavy (non-hydrogen) atoms. The maximum absolute atomic E-state index is 14.8. The maximum atomic E-state index is 14.8. The van der Waals surface area contributed by atoms with Crippen molar-refractivity contribution in [2.24, 2.45) is 5.16 Å². The van der Waals surface area contributed by atoms with E-state index in [4.69, 9.17) is 0 Å². The summed E-state index contributed by atoms with van der Waals surface area (Å²) in [6.45, 7) is 0. The van der Waals surface area contributed by atoms with Crippen molar-refractivity contribution in [2.45, 2.75) is 7.43 Å². The van der Waals surface area contributed by atoms with E-state index < -0.39 is 52.1 Å². The number of hydrogen-bond donors (Lipinski definition) is 3. The largest absolute Gasteiger partial charge is 0.410 e. The highest BCUT2D eigenvalue weighted by Crippen LogP contribution is 2.31. The third-order valence-electron chi connectivity index (χ3n) is 8.85. The second-order valence-corrected chi connectivity index (χ2v) is 13.6. The zero-order chi connectivity index (χ0) is 43.5. The lowest BCUT2D eigenvalue weighted by Crippen LogP contribution is -2.21. The summed E-state index contributed by atoms with van der Waals surface area (Å²) < 4.78 is 87.9. The van der Waals surface area contributed by atoms with Gasteiger partial charge in [-0.05, 0) is 84.9 Å². The van der Waals surface area contributed by atoms with Gasteiger partial charge in [-0.2, -0.15) is 9.97 Å². The van der Waals surface area contributed by atoms with Crippen molar-refractivity contribution in [3.8, 4) is 11.4 Å². The highest BCUT2D eigenvalue weighted by Gasteiger charge is 2.26. The Labute approximate surface area is 350 Å². The molecule has 0 saturated heterocycles. The van der Waals surface area contributed by atoms with Crippen LogP contribution in [-0.4, -0.2) is 84.0 Å². The number of aromatic nitrogens is 6. The molecule has 4 heterocycles. The second kappa shape index (κ2) is 18.3. The summed E-state index contributed by atoms with van der Waals surface area (Å²) >= 11 is 0. The molecule has 318 valence electrons. The van der Waals surface area contributed by atoms with Crippen LogP contribution in [0.2, 0.25) is 0 Å². The minimum Gasteiger partial charge on any atom is -0.410 e. The standard InChI is InChI=1S/C21H17F3N6O.C21H16F3N5O.CH4/c1-29(2)27-21-25-11-13-10-17(18(28-31)12-6-8-14(22)9-7-12)30(20(13)26-21)19-15(23)4-3-5-16(19)24;1-28(2)27-21-25-11-13-10-17(19(30)12-6-8-14(22)9-7-12)29(20(13)26-21)18-15(23)4-3-5-16(18)24;/h3-11,31H,1-2H3,(H,25,26,27);3-11H,1-2H3,(H,25,26,27);1H4/b28-18+;;. The number of rotatable bonds is 10. The molecule has 0 aliphatic carbocycles. The lowest BCUT2D eigenvalue weighted by atomic mass is 10.1. The lowest BCUT2D eigenvalue weighted by Gasteiger charge is -2.14.